The van der Waals surface area contributed by atoms with E-state index in [1.54, 1.807) is 24.3 Å². The predicted octanol–water partition coefficient (Wildman–Crippen LogP) is -0.615. The SMILES string of the molecule is OB(O)c1ccccc1C[n+]1ccc(-c2cc[n+](Cc3ccccc3B(O)O)cc2)cc1. The molecule has 0 saturated carbocycles. The minimum atomic E-state index is -1.49. The molecule has 2 aromatic carbocycles. The molecule has 0 atom stereocenters. The molecular formula is C24H24B2N2O4+2. The summed E-state index contributed by atoms with van der Waals surface area (Å²) in [6.07, 6.45) is 7.87. The largest absolute Gasteiger partial charge is 0.488 e. The zero-order valence-electron chi connectivity index (χ0n) is 17.5. The molecule has 0 aliphatic carbocycles. The molecule has 32 heavy (non-hydrogen) atoms. The van der Waals surface area contributed by atoms with E-state index in [4.69, 9.17) is 0 Å². The third-order valence-corrected chi connectivity index (χ3v) is 5.49. The Morgan fingerprint density at radius 3 is 1.19 bits per heavy atom. The average Bonchev–Trinajstić information content (AvgIpc) is 2.81. The Hall–Kier alpha value is -3.29. The highest BCUT2D eigenvalue weighted by atomic mass is 16.4. The fourth-order valence-corrected chi connectivity index (χ4v) is 3.76. The number of rotatable bonds is 7. The van der Waals surface area contributed by atoms with Gasteiger partial charge in [-0.15, -0.1) is 0 Å². The molecular weight excluding hydrogens is 402 g/mol. The van der Waals surface area contributed by atoms with Gasteiger partial charge in [-0.05, 0) is 22.1 Å². The number of benzene rings is 2. The standard InChI is InChI=1S/C24H24B2N2O4/c29-25(30)23-7-3-1-5-21(23)17-27-13-9-19(10-14-27)20-11-15-28(16-12-20)18-22-6-2-4-8-24(22)26(31)32/h1-16,29-32H,17-18H2/q+2. The third kappa shape index (κ3) is 5.12. The van der Waals surface area contributed by atoms with Gasteiger partial charge in [0.2, 0.25) is 0 Å². The maximum Gasteiger partial charge on any atom is 0.488 e. The minimum Gasteiger partial charge on any atom is -0.423 e. The molecule has 0 saturated heterocycles. The van der Waals surface area contributed by atoms with Gasteiger partial charge in [0.1, 0.15) is 0 Å². The van der Waals surface area contributed by atoms with E-state index in [1.807, 2.05) is 82.5 Å². The lowest BCUT2D eigenvalue weighted by Gasteiger charge is -2.07. The first kappa shape index (κ1) is 21.9. The summed E-state index contributed by atoms with van der Waals surface area (Å²) in [6, 6.07) is 22.6. The van der Waals surface area contributed by atoms with Crippen LogP contribution in [0.5, 0.6) is 0 Å². The maximum absolute atomic E-state index is 9.55. The lowest BCUT2D eigenvalue weighted by Crippen LogP contribution is -2.40. The topological polar surface area (TPSA) is 88.7 Å². The molecule has 8 heteroatoms. The summed E-state index contributed by atoms with van der Waals surface area (Å²) in [7, 11) is -2.98. The Balaban J connectivity index is 1.47. The number of pyridine rings is 2. The summed E-state index contributed by atoms with van der Waals surface area (Å²) in [5.74, 6) is 0. The van der Waals surface area contributed by atoms with Crippen LogP contribution in [0.25, 0.3) is 11.1 Å². The van der Waals surface area contributed by atoms with E-state index in [0.29, 0.717) is 24.0 Å². The van der Waals surface area contributed by atoms with Gasteiger partial charge in [-0.1, -0.05) is 48.5 Å². The number of hydrogen-bond donors (Lipinski definition) is 4. The Morgan fingerprint density at radius 2 is 0.844 bits per heavy atom. The molecule has 0 unspecified atom stereocenters. The molecule has 0 amide bonds. The predicted molar refractivity (Wildman–Crippen MR) is 123 cm³/mol. The molecule has 0 radical (unpaired) electrons. The molecule has 158 valence electrons. The molecule has 2 aromatic heterocycles. The molecule has 0 aliphatic heterocycles. The number of hydrogen-bond acceptors (Lipinski definition) is 4. The quantitative estimate of drug-likeness (QED) is 0.235. The molecule has 4 aromatic rings. The number of aromatic nitrogens is 2. The maximum atomic E-state index is 9.55. The molecule has 4 rings (SSSR count). The van der Waals surface area contributed by atoms with Crippen LogP contribution in [0, 0.1) is 0 Å². The van der Waals surface area contributed by atoms with Crippen molar-refractivity contribution in [3.8, 4) is 11.1 Å². The Kier molecular flexibility index (Phi) is 6.78. The minimum absolute atomic E-state index is 0.506. The van der Waals surface area contributed by atoms with Gasteiger partial charge in [0, 0.05) is 35.4 Å². The van der Waals surface area contributed by atoms with Crippen molar-refractivity contribution in [1.82, 2.24) is 0 Å². The third-order valence-electron chi connectivity index (χ3n) is 5.49. The fraction of sp³-hybridized carbons (Fsp3) is 0.0833. The first-order chi connectivity index (χ1) is 15.5. The first-order valence-corrected chi connectivity index (χ1v) is 10.4. The van der Waals surface area contributed by atoms with E-state index in [1.165, 1.54) is 0 Å². The van der Waals surface area contributed by atoms with Crippen molar-refractivity contribution in [2.45, 2.75) is 13.1 Å². The zero-order valence-corrected chi connectivity index (χ0v) is 17.5. The van der Waals surface area contributed by atoms with Crippen LogP contribution in [0.15, 0.2) is 97.6 Å². The molecule has 6 nitrogen and oxygen atoms in total. The van der Waals surface area contributed by atoms with Gasteiger partial charge >= 0.3 is 14.2 Å². The highest BCUT2D eigenvalue weighted by Gasteiger charge is 2.19. The second-order valence-corrected chi connectivity index (χ2v) is 7.66. The van der Waals surface area contributed by atoms with E-state index >= 15 is 0 Å². The van der Waals surface area contributed by atoms with Crippen molar-refractivity contribution in [2.75, 3.05) is 0 Å². The summed E-state index contributed by atoms with van der Waals surface area (Å²) in [4.78, 5) is 0. The summed E-state index contributed by atoms with van der Waals surface area (Å²) < 4.78 is 3.98. The Labute approximate surface area is 187 Å². The summed E-state index contributed by atoms with van der Waals surface area (Å²) in [5, 5.41) is 38.2. The molecule has 2 heterocycles. The van der Waals surface area contributed by atoms with Crippen molar-refractivity contribution < 1.29 is 29.2 Å². The second-order valence-electron chi connectivity index (χ2n) is 7.66. The monoisotopic (exact) mass is 426 g/mol. The number of nitrogens with zero attached hydrogens (tertiary/aromatic N) is 2. The molecule has 0 bridgehead atoms. The van der Waals surface area contributed by atoms with Gasteiger partial charge in [0.05, 0.1) is 0 Å². The lowest BCUT2D eigenvalue weighted by molar-refractivity contribution is -0.688. The van der Waals surface area contributed by atoms with Crippen molar-refractivity contribution >= 4 is 25.2 Å². The Morgan fingerprint density at radius 1 is 0.500 bits per heavy atom. The van der Waals surface area contributed by atoms with Crippen molar-refractivity contribution in [3.63, 3.8) is 0 Å². The van der Waals surface area contributed by atoms with E-state index in [0.717, 1.165) is 22.3 Å². The molecule has 0 fully saturated rings. The van der Waals surface area contributed by atoms with Gasteiger partial charge < -0.3 is 20.1 Å². The lowest BCUT2D eigenvalue weighted by atomic mass is 9.77. The van der Waals surface area contributed by atoms with Crippen LogP contribution in [-0.2, 0) is 13.1 Å². The smallest absolute Gasteiger partial charge is 0.423 e. The average molecular weight is 426 g/mol. The first-order valence-electron chi connectivity index (χ1n) is 10.4. The van der Waals surface area contributed by atoms with E-state index in [2.05, 4.69) is 0 Å². The van der Waals surface area contributed by atoms with Crippen molar-refractivity contribution in [2.24, 2.45) is 0 Å². The highest BCUT2D eigenvalue weighted by Crippen LogP contribution is 2.15. The van der Waals surface area contributed by atoms with Crippen LogP contribution in [0.1, 0.15) is 11.1 Å². The van der Waals surface area contributed by atoms with Crippen LogP contribution in [0.4, 0.5) is 0 Å². The highest BCUT2D eigenvalue weighted by molar-refractivity contribution is 6.59. The Bertz CT molecular complexity index is 1090. The molecule has 0 aliphatic rings. The zero-order chi connectivity index (χ0) is 22.5. The van der Waals surface area contributed by atoms with Gasteiger partial charge in [0.25, 0.3) is 0 Å². The molecule has 0 spiro atoms. The second kappa shape index (κ2) is 9.89. The van der Waals surface area contributed by atoms with Gasteiger partial charge in [-0.2, -0.15) is 0 Å². The normalized spacial score (nSPS) is 10.8. The van der Waals surface area contributed by atoms with Crippen LogP contribution < -0.4 is 20.1 Å². The van der Waals surface area contributed by atoms with E-state index < -0.39 is 14.2 Å². The fourth-order valence-electron chi connectivity index (χ4n) is 3.76. The van der Waals surface area contributed by atoms with Crippen molar-refractivity contribution in [1.29, 1.82) is 0 Å². The van der Waals surface area contributed by atoms with Crippen LogP contribution in [0.2, 0.25) is 0 Å². The van der Waals surface area contributed by atoms with Crippen LogP contribution in [0.3, 0.4) is 0 Å². The summed E-state index contributed by atoms with van der Waals surface area (Å²) in [5.41, 5.74) is 4.85. The molecule has 4 N–H and O–H groups in total. The van der Waals surface area contributed by atoms with Gasteiger partial charge in [0.15, 0.2) is 37.9 Å². The summed E-state index contributed by atoms with van der Waals surface area (Å²) in [6.45, 7) is 1.08. The van der Waals surface area contributed by atoms with Crippen LogP contribution >= 0.6 is 0 Å². The summed E-state index contributed by atoms with van der Waals surface area (Å²) >= 11 is 0. The van der Waals surface area contributed by atoms with Gasteiger partial charge in [-0.3, -0.25) is 0 Å². The van der Waals surface area contributed by atoms with Gasteiger partial charge in [-0.25, -0.2) is 9.13 Å². The van der Waals surface area contributed by atoms with Crippen molar-refractivity contribution in [3.05, 3.63) is 109 Å². The van der Waals surface area contributed by atoms with E-state index in [9.17, 15) is 20.1 Å². The van der Waals surface area contributed by atoms with Crippen LogP contribution in [-0.4, -0.2) is 34.3 Å². The van der Waals surface area contributed by atoms with E-state index in [-0.39, 0.29) is 0 Å².